The van der Waals surface area contributed by atoms with Gasteiger partial charge in [-0.25, -0.2) is 13.1 Å². The Hall–Kier alpha value is -1.60. The summed E-state index contributed by atoms with van der Waals surface area (Å²) >= 11 is 0. The molecule has 1 fully saturated rings. The van der Waals surface area contributed by atoms with Gasteiger partial charge in [-0.3, -0.25) is 4.79 Å². The number of nitrogens with zero attached hydrogens (tertiary/aromatic N) is 1. The van der Waals surface area contributed by atoms with Crippen LogP contribution in [0.1, 0.15) is 23.2 Å². The molecule has 0 radical (unpaired) electrons. The minimum Gasteiger partial charge on any atom is -0.399 e. The van der Waals surface area contributed by atoms with Gasteiger partial charge in [0.1, 0.15) is 0 Å². The summed E-state index contributed by atoms with van der Waals surface area (Å²) in [5.74, 6) is -0.0926. The van der Waals surface area contributed by atoms with E-state index >= 15 is 0 Å². The van der Waals surface area contributed by atoms with Gasteiger partial charge in [0.2, 0.25) is 10.0 Å². The summed E-state index contributed by atoms with van der Waals surface area (Å²) in [5, 5.41) is 0. The molecule has 1 unspecified atom stereocenters. The van der Waals surface area contributed by atoms with Crippen molar-refractivity contribution in [1.29, 1.82) is 0 Å². The van der Waals surface area contributed by atoms with Crippen molar-refractivity contribution in [3.8, 4) is 0 Å². The predicted octanol–water partition coefficient (Wildman–Crippen LogP) is 0.423. The maximum Gasteiger partial charge on any atom is 0.253 e. The van der Waals surface area contributed by atoms with Gasteiger partial charge in [-0.05, 0) is 37.1 Å². The first kappa shape index (κ1) is 14.8. The van der Waals surface area contributed by atoms with Gasteiger partial charge >= 0.3 is 0 Å². The monoisotopic (exact) mass is 297 g/mol. The molecule has 1 amide bonds. The van der Waals surface area contributed by atoms with E-state index in [-0.39, 0.29) is 11.9 Å². The zero-order chi connectivity index (χ0) is 14.8. The van der Waals surface area contributed by atoms with Crippen molar-refractivity contribution in [1.82, 2.24) is 9.62 Å². The van der Waals surface area contributed by atoms with E-state index in [0.717, 1.165) is 19.1 Å². The first-order chi connectivity index (χ1) is 9.35. The largest absolute Gasteiger partial charge is 0.399 e. The molecule has 3 N–H and O–H groups in total. The molecule has 1 aliphatic heterocycles. The van der Waals surface area contributed by atoms with Crippen molar-refractivity contribution in [3.05, 3.63) is 29.8 Å². The van der Waals surface area contributed by atoms with Gasteiger partial charge in [0.25, 0.3) is 5.91 Å². The third-order valence-corrected chi connectivity index (χ3v) is 4.01. The van der Waals surface area contributed by atoms with E-state index in [1.54, 1.807) is 29.2 Å². The van der Waals surface area contributed by atoms with Crippen LogP contribution in [-0.2, 0) is 10.0 Å². The molecule has 0 bridgehead atoms. The average molecular weight is 297 g/mol. The van der Waals surface area contributed by atoms with Crippen LogP contribution in [-0.4, -0.2) is 44.6 Å². The molecular formula is C13H19N3O3S. The van der Waals surface area contributed by atoms with Crippen LogP contribution >= 0.6 is 0 Å². The van der Waals surface area contributed by atoms with Crippen molar-refractivity contribution < 1.29 is 13.2 Å². The second kappa shape index (κ2) is 5.80. The predicted molar refractivity (Wildman–Crippen MR) is 77.8 cm³/mol. The zero-order valence-electron chi connectivity index (χ0n) is 11.4. The molecule has 6 nitrogen and oxygen atoms in total. The third-order valence-electron chi connectivity index (χ3n) is 3.25. The summed E-state index contributed by atoms with van der Waals surface area (Å²) in [6.45, 7) is 1.04. The molecule has 1 aromatic carbocycles. The van der Waals surface area contributed by atoms with Crippen LogP contribution in [0, 0.1) is 0 Å². The number of piperidine rings is 1. The van der Waals surface area contributed by atoms with E-state index in [1.807, 2.05) is 0 Å². The summed E-state index contributed by atoms with van der Waals surface area (Å²) in [6.07, 6.45) is 2.67. The lowest BCUT2D eigenvalue weighted by Gasteiger charge is -2.32. The maximum atomic E-state index is 12.3. The molecule has 0 aliphatic carbocycles. The number of nitrogens with two attached hydrogens (primary N) is 1. The lowest BCUT2D eigenvalue weighted by molar-refractivity contribution is 0.0703. The highest BCUT2D eigenvalue weighted by molar-refractivity contribution is 7.88. The SMILES string of the molecule is CS(=O)(=O)NC1CCCN(C(=O)c2ccc(N)cc2)C1. The number of carbonyl (C=O) groups excluding carboxylic acids is 1. The van der Waals surface area contributed by atoms with Crippen LogP contribution in [0.3, 0.4) is 0 Å². The van der Waals surface area contributed by atoms with Crippen LogP contribution in [0.4, 0.5) is 5.69 Å². The Morgan fingerprint density at radius 2 is 2.00 bits per heavy atom. The first-order valence-corrected chi connectivity index (χ1v) is 8.36. The summed E-state index contributed by atoms with van der Waals surface area (Å²) in [4.78, 5) is 14.0. The summed E-state index contributed by atoms with van der Waals surface area (Å²) in [6, 6.07) is 6.53. The molecule has 1 atom stereocenters. The number of hydrogen-bond acceptors (Lipinski definition) is 4. The fourth-order valence-electron chi connectivity index (χ4n) is 2.37. The fraction of sp³-hybridized carbons (Fsp3) is 0.462. The number of nitrogen functional groups attached to an aromatic ring is 1. The molecule has 20 heavy (non-hydrogen) atoms. The Morgan fingerprint density at radius 1 is 1.35 bits per heavy atom. The second-order valence-corrected chi connectivity index (χ2v) is 6.88. The molecule has 1 saturated heterocycles. The highest BCUT2D eigenvalue weighted by Gasteiger charge is 2.26. The number of sulfonamides is 1. The van der Waals surface area contributed by atoms with E-state index in [1.165, 1.54) is 0 Å². The molecule has 0 aromatic heterocycles. The summed E-state index contributed by atoms with van der Waals surface area (Å²) in [5.41, 5.74) is 6.77. The van der Waals surface area contributed by atoms with E-state index < -0.39 is 10.0 Å². The van der Waals surface area contributed by atoms with E-state index in [4.69, 9.17) is 5.73 Å². The van der Waals surface area contributed by atoms with Crippen LogP contribution < -0.4 is 10.5 Å². The molecular weight excluding hydrogens is 278 g/mol. The molecule has 1 aliphatic rings. The molecule has 110 valence electrons. The third kappa shape index (κ3) is 3.94. The number of hydrogen-bond donors (Lipinski definition) is 2. The highest BCUT2D eigenvalue weighted by Crippen LogP contribution is 2.15. The van der Waals surface area contributed by atoms with Gasteiger partial charge in [-0.2, -0.15) is 0 Å². The van der Waals surface area contributed by atoms with Crippen LogP contribution in [0.2, 0.25) is 0 Å². The van der Waals surface area contributed by atoms with Crippen LogP contribution in [0.5, 0.6) is 0 Å². The van der Waals surface area contributed by atoms with Gasteiger partial charge in [0, 0.05) is 30.4 Å². The number of rotatable bonds is 3. The van der Waals surface area contributed by atoms with Crippen LogP contribution in [0.25, 0.3) is 0 Å². The van der Waals surface area contributed by atoms with Gasteiger partial charge < -0.3 is 10.6 Å². The van der Waals surface area contributed by atoms with Crippen molar-refractivity contribution in [2.75, 3.05) is 25.1 Å². The lowest BCUT2D eigenvalue weighted by atomic mass is 10.1. The second-order valence-electron chi connectivity index (χ2n) is 5.10. The van der Waals surface area contributed by atoms with Crippen molar-refractivity contribution >= 4 is 21.6 Å². The van der Waals surface area contributed by atoms with Crippen molar-refractivity contribution in [2.45, 2.75) is 18.9 Å². The quantitative estimate of drug-likeness (QED) is 0.791. The van der Waals surface area contributed by atoms with E-state index in [9.17, 15) is 13.2 Å². The van der Waals surface area contributed by atoms with Gasteiger partial charge in [-0.1, -0.05) is 0 Å². The summed E-state index contributed by atoms with van der Waals surface area (Å²) in [7, 11) is -3.25. The fourth-order valence-corrected chi connectivity index (χ4v) is 3.17. The molecule has 1 aromatic rings. The van der Waals surface area contributed by atoms with Crippen molar-refractivity contribution in [2.24, 2.45) is 0 Å². The minimum atomic E-state index is -3.25. The minimum absolute atomic E-state index is 0.0926. The van der Waals surface area contributed by atoms with Gasteiger partial charge in [0.05, 0.1) is 6.26 Å². The van der Waals surface area contributed by atoms with E-state index in [2.05, 4.69) is 4.72 Å². The first-order valence-electron chi connectivity index (χ1n) is 6.47. The standard InChI is InChI=1S/C13H19N3O3S/c1-20(18,19)15-12-3-2-8-16(9-12)13(17)10-4-6-11(14)7-5-10/h4-7,12,15H,2-3,8-9,14H2,1H3. The topological polar surface area (TPSA) is 92.5 Å². The van der Waals surface area contributed by atoms with Crippen LogP contribution in [0.15, 0.2) is 24.3 Å². The highest BCUT2D eigenvalue weighted by atomic mass is 32.2. The molecule has 7 heteroatoms. The van der Waals surface area contributed by atoms with Gasteiger partial charge in [0.15, 0.2) is 0 Å². The van der Waals surface area contributed by atoms with Crippen molar-refractivity contribution in [3.63, 3.8) is 0 Å². The smallest absolute Gasteiger partial charge is 0.253 e. The Morgan fingerprint density at radius 3 is 2.60 bits per heavy atom. The number of carbonyl (C=O) groups is 1. The number of benzene rings is 1. The Labute approximate surface area is 119 Å². The molecule has 1 heterocycles. The molecule has 0 saturated carbocycles. The van der Waals surface area contributed by atoms with Gasteiger partial charge in [-0.15, -0.1) is 0 Å². The number of amides is 1. The Kier molecular flexibility index (Phi) is 4.29. The van der Waals surface area contributed by atoms with E-state index in [0.29, 0.717) is 24.3 Å². The normalized spacial score (nSPS) is 19.9. The number of anilines is 1. The molecule has 2 rings (SSSR count). The summed E-state index contributed by atoms with van der Waals surface area (Å²) < 4.78 is 25.1. The zero-order valence-corrected chi connectivity index (χ0v) is 12.2. The Bertz CT molecular complexity index is 583. The number of likely N-dealkylation sites (tertiary alicyclic amines) is 1. The molecule has 0 spiro atoms. The average Bonchev–Trinajstić information content (AvgIpc) is 2.37. The number of nitrogens with one attached hydrogen (secondary N) is 1. The Balaban J connectivity index is 2.05. The lowest BCUT2D eigenvalue weighted by Crippen LogP contribution is -2.49. The maximum absolute atomic E-state index is 12.3.